The smallest absolute Gasteiger partial charge is 0.191 e. The zero-order chi connectivity index (χ0) is 20.5. The molecule has 3 N–H and O–H groups in total. The molecule has 0 amide bonds. The van der Waals surface area contributed by atoms with Crippen LogP contribution >= 0.6 is 24.0 Å². The molecule has 1 unspecified atom stereocenters. The lowest BCUT2D eigenvalue weighted by Crippen LogP contribution is -2.38. The van der Waals surface area contributed by atoms with Gasteiger partial charge in [0.15, 0.2) is 5.96 Å². The summed E-state index contributed by atoms with van der Waals surface area (Å²) in [7, 11) is -1.02. The number of rotatable bonds is 9. The van der Waals surface area contributed by atoms with E-state index in [1.54, 1.807) is 0 Å². The van der Waals surface area contributed by atoms with E-state index in [4.69, 9.17) is 0 Å². The zero-order valence-corrected chi connectivity index (χ0v) is 20.8. The van der Waals surface area contributed by atoms with E-state index in [2.05, 4.69) is 51.9 Å². The fourth-order valence-corrected chi connectivity index (χ4v) is 4.32. The van der Waals surface area contributed by atoms with Crippen molar-refractivity contribution in [2.45, 2.75) is 31.6 Å². The molecule has 0 aliphatic carbocycles. The first-order chi connectivity index (χ1) is 14.2. The van der Waals surface area contributed by atoms with Crippen LogP contribution in [0.15, 0.2) is 64.6 Å². The molecular formula is C23H31IN4OS. The molecule has 0 saturated carbocycles. The lowest BCUT2D eigenvalue weighted by Gasteiger charge is -2.11. The highest BCUT2D eigenvalue weighted by Crippen LogP contribution is 2.22. The molecule has 7 heteroatoms. The fourth-order valence-electron chi connectivity index (χ4n) is 3.36. The Hall–Kier alpha value is -1.87. The standard InChI is InChI=1S/C23H30N4OS.HI/c1-3-18-9-8-12-21-19(17-27-22(18)21)13-14-25-23(24-4-2)26-15-16-29(28)20-10-6-5-7-11-20;/h5-12,17,27H,3-4,13-16H2,1-2H3,(H2,24,25,26);1H. The minimum Gasteiger partial charge on any atom is -0.361 e. The highest BCUT2D eigenvalue weighted by atomic mass is 127. The number of halogens is 1. The summed E-state index contributed by atoms with van der Waals surface area (Å²) >= 11 is 0. The number of hydrogen-bond acceptors (Lipinski definition) is 2. The Labute approximate surface area is 198 Å². The zero-order valence-electron chi connectivity index (χ0n) is 17.6. The lowest BCUT2D eigenvalue weighted by atomic mass is 10.1. The van der Waals surface area contributed by atoms with Crippen molar-refractivity contribution in [2.75, 3.05) is 25.4 Å². The molecule has 0 bridgehead atoms. The molecule has 2 aromatic carbocycles. The van der Waals surface area contributed by atoms with Gasteiger partial charge in [-0.2, -0.15) is 0 Å². The second-order valence-corrected chi connectivity index (χ2v) is 8.38. The van der Waals surface area contributed by atoms with Gasteiger partial charge in [0.2, 0.25) is 0 Å². The first kappa shape index (κ1) is 24.4. The number of nitrogens with one attached hydrogen (secondary N) is 3. The predicted octanol–water partition coefficient (Wildman–Crippen LogP) is 4.25. The summed E-state index contributed by atoms with van der Waals surface area (Å²) in [6, 6.07) is 16.0. The van der Waals surface area contributed by atoms with Crippen LogP contribution in [0.2, 0.25) is 0 Å². The van der Waals surface area contributed by atoms with Gasteiger partial charge in [0.1, 0.15) is 0 Å². The number of H-pyrrole nitrogens is 1. The molecule has 1 atom stereocenters. The molecule has 5 nitrogen and oxygen atoms in total. The van der Waals surface area contributed by atoms with Crippen LogP contribution in [0.1, 0.15) is 25.0 Å². The van der Waals surface area contributed by atoms with Gasteiger partial charge in [-0.25, -0.2) is 0 Å². The second kappa shape index (κ2) is 12.7. The molecule has 0 fully saturated rings. The van der Waals surface area contributed by atoms with E-state index in [-0.39, 0.29) is 24.0 Å². The monoisotopic (exact) mass is 538 g/mol. The number of aliphatic imine (C=N–C) groups is 1. The Bertz CT molecular complexity index is 972. The maximum atomic E-state index is 12.3. The third kappa shape index (κ3) is 6.57. The van der Waals surface area contributed by atoms with Gasteiger partial charge in [0.05, 0.1) is 17.3 Å². The third-order valence-electron chi connectivity index (χ3n) is 4.85. The highest BCUT2D eigenvalue weighted by molar-refractivity contribution is 14.0. The Balaban J connectivity index is 0.00000320. The van der Waals surface area contributed by atoms with E-state index in [1.165, 1.54) is 22.0 Å². The number of aromatic amines is 1. The van der Waals surface area contributed by atoms with E-state index in [1.807, 2.05) is 37.3 Å². The van der Waals surface area contributed by atoms with Gasteiger partial charge in [-0.15, -0.1) is 24.0 Å². The SMILES string of the molecule is CCNC(=NCCS(=O)c1ccccc1)NCCc1c[nH]c2c(CC)cccc12.I. The van der Waals surface area contributed by atoms with Gasteiger partial charge >= 0.3 is 0 Å². The Kier molecular flexibility index (Phi) is 10.4. The largest absolute Gasteiger partial charge is 0.361 e. The van der Waals surface area contributed by atoms with Crippen molar-refractivity contribution in [3.63, 3.8) is 0 Å². The van der Waals surface area contributed by atoms with Crippen LogP contribution in [0.5, 0.6) is 0 Å². The molecule has 0 saturated heterocycles. The van der Waals surface area contributed by atoms with Crippen molar-refractivity contribution >= 4 is 51.6 Å². The fraction of sp³-hybridized carbons (Fsp3) is 0.348. The van der Waals surface area contributed by atoms with E-state index in [9.17, 15) is 4.21 Å². The molecular weight excluding hydrogens is 507 g/mol. The number of guanidine groups is 1. The summed E-state index contributed by atoms with van der Waals surface area (Å²) in [6.07, 6.45) is 4.04. The van der Waals surface area contributed by atoms with Gasteiger partial charge in [-0.3, -0.25) is 9.20 Å². The van der Waals surface area contributed by atoms with Crippen molar-refractivity contribution in [3.8, 4) is 0 Å². The third-order valence-corrected chi connectivity index (χ3v) is 6.20. The molecule has 0 aliphatic heterocycles. The van der Waals surface area contributed by atoms with E-state index in [0.717, 1.165) is 36.8 Å². The highest BCUT2D eigenvalue weighted by Gasteiger charge is 2.07. The van der Waals surface area contributed by atoms with Crippen LogP contribution in [-0.2, 0) is 23.6 Å². The van der Waals surface area contributed by atoms with Gasteiger partial charge < -0.3 is 15.6 Å². The van der Waals surface area contributed by atoms with Crippen LogP contribution < -0.4 is 10.6 Å². The number of nitrogens with zero attached hydrogens (tertiary/aromatic N) is 1. The van der Waals surface area contributed by atoms with E-state index >= 15 is 0 Å². The number of benzene rings is 2. The minimum absolute atomic E-state index is 0. The minimum atomic E-state index is -1.02. The Morgan fingerprint density at radius 1 is 1.03 bits per heavy atom. The first-order valence-electron chi connectivity index (χ1n) is 10.3. The number of para-hydroxylation sites is 1. The summed E-state index contributed by atoms with van der Waals surface area (Å²) in [5.74, 6) is 1.29. The molecule has 3 rings (SSSR count). The van der Waals surface area contributed by atoms with Crippen molar-refractivity contribution in [3.05, 3.63) is 65.9 Å². The summed E-state index contributed by atoms with van der Waals surface area (Å²) in [4.78, 5) is 8.86. The van der Waals surface area contributed by atoms with E-state index < -0.39 is 10.8 Å². The van der Waals surface area contributed by atoms with Crippen molar-refractivity contribution in [1.29, 1.82) is 0 Å². The Morgan fingerprint density at radius 3 is 2.57 bits per heavy atom. The molecule has 1 aromatic heterocycles. The van der Waals surface area contributed by atoms with Crippen LogP contribution in [-0.4, -0.2) is 40.5 Å². The molecule has 0 aliphatic rings. The van der Waals surface area contributed by atoms with Gasteiger partial charge in [0, 0.05) is 40.8 Å². The average Bonchev–Trinajstić information content (AvgIpc) is 3.17. The van der Waals surface area contributed by atoms with Crippen molar-refractivity contribution in [2.24, 2.45) is 4.99 Å². The maximum absolute atomic E-state index is 12.3. The number of aromatic nitrogens is 1. The molecule has 0 radical (unpaired) electrons. The quantitative estimate of drug-likeness (QED) is 0.217. The van der Waals surface area contributed by atoms with Crippen molar-refractivity contribution in [1.82, 2.24) is 15.6 Å². The number of hydrogen-bond donors (Lipinski definition) is 3. The molecule has 162 valence electrons. The topological polar surface area (TPSA) is 69.3 Å². The maximum Gasteiger partial charge on any atom is 0.191 e. The summed E-state index contributed by atoms with van der Waals surface area (Å²) in [5, 5.41) is 7.95. The summed E-state index contributed by atoms with van der Waals surface area (Å²) in [6.45, 7) is 6.33. The summed E-state index contributed by atoms with van der Waals surface area (Å²) in [5.41, 5.74) is 3.90. The van der Waals surface area contributed by atoms with Crippen LogP contribution in [0, 0.1) is 0 Å². The Morgan fingerprint density at radius 2 is 1.83 bits per heavy atom. The number of fused-ring (bicyclic) bond motifs is 1. The number of aryl methyl sites for hydroxylation is 1. The van der Waals surface area contributed by atoms with Gasteiger partial charge in [-0.05, 0) is 43.0 Å². The second-order valence-electron chi connectivity index (χ2n) is 6.81. The molecule has 30 heavy (non-hydrogen) atoms. The van der Waals surface area contributed by atoms with Gasteiger partial charge in [-0.1, -0.05) is 43.3 Å². The normalized spacial score (nSPS) is 12.4. The van der Waals surface area contributed by atoms with Crippen LogP contribution in [0.25, 0.3) is 10.9 Å². The van der Waals surface area contributed by atoms with Gasteiger partial charge in [0.25, 0.3) is 0 Å². The lowest BCUT2D eigenvalue weighted by molar-refractivity contribution is 0.682. The van der Waals surface area contributed by atoms with Crippen LogP contribution in [0.4, 0.5) is 0 Å². The average molecular weight is 538 g/mol. The molecule has 3 aromatic rings. The van der Waals surface area contributed by atoms with E-state index in [0.29, 0.717) is 12.3 Å². The van der Waals surface area contributed by atoms with Crippen molar-refractivity contribution < 1.29 is 4.21 Å². The first-order valence-corrected chi connectivity index (χ1v) is 11.6. The van der Waals surface area contributed by atoms with Crippen LogP contribution in [0.3, 0.4) is 0 Å². The summed E-state index contributed by atoms with van der Waals surface area (Å²) < 4.78 is 12.3. The molecule has 0 spiro atoms. The predicted molar refractivity (Wildman–Crippen MR) is 138 cm³/mol. The molecule has 1 heterocycles.